The first-order valence-corrected chi connectivity index (χ1v) is 11.8. The molecule has 0 heterocycles. The zero-order valence-corrected chi connectivity index (χ0v) is 17.5. The number of nitrogens with zero attached hydrogens (tertiary/aromatic N) is 1. The quantitative estimate of drug-likeness (QED) is 0.222. The van der Waals surface area contributed by atoms with Crippen LogP contribution in [0.5, 0.6) is 0 Å². The average molecular weight is 434 g/mol. The van der Waals surface area contributed by atoms with Gasteiger partial charge in [0.15, 0.2) is 0 Å². The molecule has 2 atom stereocenters. The van der Waals surface area contributed by atoms with Crippen LogP contribution in [0.2, 0.25) is 0 Å². The Balaban J connectivity index is 4.05. The minimum absolute atomic E-state index is 0.0266. The second-order valence-corrected chi connectivity index (χ2v) is 8.53. The topological polar surface area (TPSA) is 143 Å². The third kappa shape index (κ3) is 16.3. The van der Waals surface area contributed by atoms with Gasteiger partial charge in [-0.15, -0.1) is 0 Å². The van der Waals surface area contributed by atoms with E-state index in [4.69, 9.17) is 38.8 Å². The first-order chi connectivity index (χ1) is 13.4. The highest BCUT2D eigenvalue weighted by Gasteiger charge is 2.26. The molecule has 0 spiro atoms. The molecule has 0 aromatic carbocycles. The molecule has 2 unspecified atom stereocenters. The lowest BCUT2D eigenvalue weighted by molar-refractivity contribution is 0.0346. The van der Waals surface area contributed by atoms with Gasteiger partial charge in [0.1, 0.15) is 0 Å². The summed E-state index contributed by atoms with van der Waals surface area (Å²) in [4.78, 5) is 0. The van der Waals surface area contributed by atoms with Crippen LogP contribution in [0, 0.1) is 11.3 Å². The van der Waals surface area contributed by atoms with Crippen molar-refractivity contribution in [1.82, 2.24) is 0 Å². The summed E-state index contributed by atoms with van der Waals surface area (Å²) in [6.07, 6.45) is 0.0266. The largest absolute Gasteiger partial charge is 0.474 e. The second-order valence-electron chi connectivity index (χ2n) is 4.81. The smallest absolute Gasteiger partial charge is 0.394 e. The monoisotopic (exact) mass is 434 g/mol. The summed E-state index contributed by atoms with van der Waals surface area (Å²) in [5.74, 6) is 0. The number of hydrogen-bond donors (Lipinski definition) is 1. The normalized spacial score (nSPS) is 16.3. The van der Waals surface area contributed by atoms with Gasteiger partial charge in [0.25, 0.3) is 0 Å². The summed E-state index contributed by atoms with van der Waals surface area (Å²) < 4.78 is 66.3. The molecule has 0 saturated carbocycles. The van der Waals surface area contributed by atoms with Gasteiger partial charge in [-0.3, -0.25) is 18.1 Å². The summed E-state index contributed by atoms with van der Waals surface area (Å²) in [5, 5.41) is 12.6. The van der Waals surface area contributed by atoms with Gasteiger partial charge in [-0.1, -0.05) is 0 Å². The molecule has 0 saturated heterocycles. The maximum absolute atomic E-state index is 12.4. The number of aliphatic hydroxyl groups is 1. The molecule has 160 valence electrons. The third-order valence-corrected chi connectivity index (χ3v) is 5.44. The van der Waals surface area contributed by atoms with Crippen LogP contribution in [0.25, 0.3) is 0 Å². The summed E-state index contributed by atoms with van der Waals surface area (Å²) in [5.41, 5.74) is 0. The molecular weight excluding hydrogens is 404 g/mol. The maximum atomic E-state index is 12.4. The van der Waals surface area contributed by atoms with Crippen molar-refractivity contribution >= 4 is 15.4 Å². The lowest BCUT2D eigenvalue weighted by atomic mass is 10.5. The van der Waals surface area contributed by atoms with Crippen LogP contribution < -0.4 is 0 Å². The molecule has 0 aliphatic rings. The van der Waals surface area contributed by atoms with Crippen LogP contribution in [0.3, 0.4) is 0 Å². The number of phosphoric ester groups is 1. The predicted molar refractivity (Wildman–Crippen MR) is 95.5 cm³/mol. The summed E-state index contributed by atoms with van der Waals surface area (Å²) >= 11 is 0. The van der Waals surface area contributed by atoms with E-state index in [-0.39, 0.29) is 72.5 Å². The fraction of sp³-hybridized carbons (Fsp3) is 0.929. The van der Waals surface area contributed by atoms with Gasteiger partial charge in [0.05, 0.1) is 78.6 Å². The standard InChI is InChI=1S/C14H29NO10P2/c1-3-21-26(2,17)22-12-9-20-11-14-25-27(18,23-7-4-5-15)24-13-10-19-8-6-16/h16H,3-4,6-14H2,1-2H3/i16D. The summed E-state index contributed by atoms with van der Waals surface area (Å²) in [6.45, 7) is 3.77. The van der Waals surface area contributed by atoms with Crippen LogP contribution in [-0.4, -0.2) is 79.3 Å². The van der Waals surface area contributed by atoms with Crippen LogP contribution in [0.1, 0.15) is 13.3 Å². The zero-order valence-electron chi connectivity index (χ0n) is 16.7. The SMILES string of the molecule is [2H]OCCOCCOP(=O)(OCCC#N)OCCOCCOP(C)(=O)OCC. The van der Waals surface area contributed by atoms with E-state index >= 15 is 0 Å². The van der Waals surface area contributed by atoms with Crippen LogP contribution in [0.4, 0.5) is 0 Å². The first-order valence-electron chi connectivity index (χ1n) is 8.80. The van der Waals surface area contributed by atoms with Crippen LogP contribution in [-0.2, 0) is 41.2 Å². The first kappa shape index (κ1) is 24.7. The van der Waals surface area contributed by atoms with E-state index < -0.39 is 15.4 Å². The Hall–Kier alpha value is -0.370. The number of nitriles is 1. The molecule has 0 radical (unpaired) electrons. The number of phosphoric acid groups is 1. The van der Waals surface area contributed by atoms with Gasteiger partial charge < -0.3 is 23.6 Å². The lowest BCUT2D eigenvalue weighted by Gasteiger charge is -2.17. The highest BCUT2D eigenvalue weighted by Crippen LogP contribution is 2.49. The van der Waals surface area contributed by atoms with E-state index in [9.17, 15) is 9.13 Å². The van der Waals surface area contributed by atoms with Gasteiger partial charge in [0.2, 0.25) is 1.43 Å². The Kier molecular flexibility index (Phi) is 15.1. The molecule has 0 fully saturated rings. The molecular formula is C14H29NO10P2. The van der Waals surface area contributed by atoms with Crippen molar-refractivity contribution < 1.29 is 46.3 Å². The van der Waals surface area contributed by atoms with Crippen molar-refractivity contribution in [3.8, 4) is 6.07 Å². The Morgan fingerprint density at radius 3 is 2.00 bits per heavy atom. The molecule has 0 aliphatic heterocycles. The second kappa shape index (κ2) is 16.6. The van der Waals surface area contributed by atoms with E-state index in [1.807, 2.05) is 6.07 Å². The fourth-order valence-electron chi connectivity index (χ4n) is 1.53. The summed E-state index contributed by atoms with van der Waals surface area (Å²) in [6, 6.07) is 1.86. The third-order valence-electron chi connectivity index (χ3n) is 2.56. The molecule has 0 bridgehead atoms. The molecule has 0 aromatic heterocycles. The van der Waals surface area contributed by atoms with E-state index in [0.717, 1.165) is 0 Å². The van der Waals surface area contributed by atoms with Gasteiger partial charge in [-0.25, -0.2) is 4.57 Å². The van der Waals surface area contributed by atoms with E-state index in [0.29, 0.717) is 0 Å². The average Bonchev–Trinajstić information content (AvgIpc) is 2.64. The van der Waals surface area contributed by atoms with E-state index in [1.165, 1.54) is 6.66 Å². The molecule has 1 N–H and O–H groups in total. The van der Waals surface area contributed by atoms with Crippen molar-refractivity contribution in [2.75, 3.05) is 72.7 Å². The minimum Gasteiger partial charge on any atom is -0.394 e. The van der Waals surface area contributed by atoms with E-state index in [1.54, 1.807) is 6.92 Å². The molecule has 0 amide bonds. The lowest BCUT2D eigenvalue weighted by Crippen LogP contribution is -2.12. The molecule has 0 aliphatic carbocycles. The van der Waals surface area contributed by atoms with Crippen LogP contribution >= 0.6 is 15.4 Å². The molecule has 11 nitrogen and oxygen atoms in total. The van der Waals surface area contributed by atoms with Crippen molar-refractivity contribution in [1.29, 1.82) is 6.69 Å². The van der Waals surface area contributed by atoms with Gasteiger partial charge in [0, 0.05) is 6.66 Å². The van der Waals surface area contributed by atoms with E-state index in [2.05, 4.69) is 5.11 Å². The minimum atomic E-state index is -3.87. The predicted octanol–water partition coefficient (Wildman–Crippen LogP) is 1.96. The van der Waals surface area contributed by atoms with Crippen LogP contribution in [0.15, 0.2) is 0 Å². The number of aliphatic hydroxyl groups excluding tert-OH is 1. The molecule has 13 heteroatoms. The Labute approximate surface area is 161 Å². The number of rotatable bonds is 20. The van der Waals surface area contributed by atoms with Crippen molar-refractivity contribution in [2.24, 2.45) is 0 Å². The van der Waals surface area contributed by atoms with Gasteiger partial charge >= 0.3 is 15.4 Å². The van der Waals surface area contributed by atoms with Gasteiger partial charge in [-0.2, -0.15) is 5.26 Å². The summed E-state index contributed by atoms with van der Waals surface area (Å²) in [7, 11) is -6.94. The number of ether oxygens (including phenoxy) is 2. The Morgan fingerprint density at radius 1 is 0.889 bits per heavy atom. The highest BCUT2D eigenvalue weighted by atomic mass is 31.2. The Bertz CT molecular complexity index is 519. The molecule has 0 rings (SSSR count). The fourth-order valence-corrected chi connectivity index (χ4v) is 3.61. The van der Waals surface area contributed by atoms with Gasteiger partial charge in [-0.05, 0) is 6.92 Å². The maximum Gasteiger partial charge on any atom is 0.474 e. The molecule has 0 aromatic rings. The highest BCUT2D eigenvalue weighted by molar-refractivity contribution is 7.52. The van der Waals surface area contributed by atoms with Crippen molar-refractivity contribution in [3.63, 3.8) is 0 Å². The zero-order chi connectivity index (χ0) is 21.1. The van der Waals surface area contributed by atoms with Crippen molar-refractivity contribution in [2.45, 2.75) is 13.3 Å². The van der Waals surface area contributed by atoms with Crippen molar-refractivity contribution in [3.05, 3.63) is 0 Å². The molecule has 27 heavy (non-hydrogen) atoms. The Morgan fingerprint density at radius 2 is 1.44 bits per heavy atom. The number of hydrogen-bond acceptors (Lipinski definition) is 11.